The lowest BCUT2D eigenvalue weighted by atomic mass is 9.85. The normalized spacial score (nSPS) is 27.9. The first kappa shape index (κ1) is 13.5. The lowest BCUT2D eigenvalue weighted by Crippen LogP contribution is -2.44. The summed E-state index contributed by atoms with van der Waals surface area (Å²) in [6, 6.07) is 0.538. The SMILES string of the molecule is CC(C)C(C)N(C)C(=O)C1CCCC(N)C1. The molecule has 0 aromatic rings. The first-order chi connectivity index (χ1) is 7.43. The van der Waals surface area contributed by atoms with Gasteiger partial charge in [0.1, 0.15) is 0 Å². The molecule has 16 heavy (non-hydrogen) atoms. The van der Waals surface area contributed by atoms with Crippen LogP contribution in [-0.4, -0.2) is 29.9 Å². The van der Waals surface area contributed by atoms with Crippen LogP contribution in [-0.2, 0) is 4.79 Å². The third-order valence-corrected chi connectivity index (χ3v) is 3.99. The number of hydrogen-bond donors (Lipinski definition) is 1. The average molecular weight is 226 g/mol. The molecule has 1 amide bonds. The second-order valence-corrected chi connectivity index (χ2v) is 5.56. The van der Waals surface area contributed by atoms with E-state index in [1.54, 1.807) is 0 Å². The number of rotatable bonds is 3. The van der Waals surface area contributed by atoms with Gasteiger partial charge in [0.25, 0.3) is 0 Å². The highest BCUT2D eigenvalue weighted by Crippen LogP contribution is 2.25. The van der Waals surface area contributed by atoms with Crippen LogP contribution < -0.4 is 5.73 Å². The summed E-state index contributed by atoms with van der Waals surface area (Å²) in [6.07, 6.45) is 4.06. The quantitative estimate of drug-likeness (QED) is 0.800. The summed E-state index contributed by atoms with van der Waals surface area (Å²) in [4.78, 5) is 14.2. The van der Waals surface area contributed by atoms with Crippen molar-refractivity contribution in [3.63, 3.8) is 0 Å². The Labute approximate surface area is 99.4 Å². The number of carbonyl (C=O) groups excluding carboxylic acids is 1. The van der Waals surface area contributed by atoms with E-state index in [0.29, 0.717) is 12.0 Å². The van der Waals surface area contributed by atoms with E-state index in [4.69, 9.17) is 5.73 Å². The van der Waals surface area contributed by atoms with E-state index in [1.165, 1.54) is 0 Å². The fourth-order valence-electron chi connectivity index (χ4n) is 2.39. The molecule has 0 aromatic carbocycles. The average Bonchev–Trinajstić information content (AvgIpc) is 2.26. The Hall–Kier alpha value is -0.570. The molecule has 0 heterocycles. The second-order valence-electron chi connectivity index (χ2n) is 5.56. The molecule has 1 aliphatic rings. The Balaban J connectivity index is 2.55. The maximum Gasteiger partial charge on any atom is 0.225 e. The van der Waals surface area contributed by atoms with E-state index < -0.39 is 0 Å². The number of hydrogen-bond acceptors (Lipinski definition) is 2. The Morgan fingerprint density at radius 2 is 1.94 bits per heavy atom. The highest BCUT2D eigenvalue weighted by molar-refractivity contribution is 5.79. The lowest BCUT2D eigenvalue weighted by molar-refractivity contribution is -0.138. The van der Waals surface area contributed by atoms with Crippen LogP contribution in [0.2, 0.25) is 0 Å². The molecule has 3 heteroatoms. The van der Waals surface area contributed by atoms with Crippen molar-refractivity contribution >= 4 is 5.91 Å². The molecule has 0 spiro atoms. The summed E-state index contributed by atoms with van der Waals surface area (Å²) in [6.45, 7) is 6.42. The molecule has 2 N–H and O–H groups in total. The fraction of sp³-hybridized carbons (Fsp3) is 0.923. The molecule has 0 bridgehead atoms. The van der Waals surface area contributed by atoms with Gasteiger partial charge in [-0.15, -0.1) is 0 Å². The third kappa shape index (κ3) is 3.21. The second kappa shape index (κ2) is 5.67. The molecule has 1 saturated carbocycles. The van der Waals surface area contributed by atoms with Gasteiger partial charge in [-0.3, -0.25) is 4.79 Å². The molecule has 1 rings (SSSR count). The molecule has 0 radical (unpaired) electrons. The number of nitrogens with two attached hydrogens (primary N) is 1. The van der Waals surface area contributed by atoms with Gasteiger partial charge in [-0.05, 0) is 32.1 Å². The van der Waals surface area contributed by atoms with Crippen molar-refractivity contribution in [2.75, 3.05) is 7.05 Å². The van der Waals surface area contributed by atoms with Crippen LogP contribution in [0.3, 0.4) is 0 Å². The topological polar surface area (TPSA) is 46.3 Å². The van der Waals surface area contributed by atoms with Crippen LogP contribution >= 0.6 is 0 Å². The number of nitrogens with zero attached hydrogens (tertiary/aromatic N) is 1. The van der Waals surface area contributed by atoms with E-state index >= 15 is 0 Å². The summed E-state index contributed by atoms with van der Waals surface area (Å²) in [7, 11) is 1.92. The molecule has 0 aromatic heterocycles. The van der Waals surface area contributed by atoms with Crippen LogP contribution in [0.5, 0.6) is 0 Å². The molecule has 94 valence electrons. The summed E-state index contributed by atoms with van der Waals surface area (Å²) in [5.41, 5.74) is 5.93. The molecule has 0 saturated heterocycles. The maximum atomic E-state index is 12.3. The summed E-state index contributed by atoms with van der Waals surface area (Å²) in [5.74, 6) is 0.956. The van der Waals surface area contributed by atoms with Crippen LogP contribution in [0.15, 0.2) is 0 Å². The van der Waals surface area contributed by atoms with E-state index in [0.717, 1.165) is 25.7 Å². The van der Waals surface area contributed by atoms with E-state index in [2.05, 4.69) is 20.8 Å². The van der Waals surface area contributed by atoms with Crippen molar-refractivity contribution in [1.82, 2.24) is 4.90 Å². The zero-order valence-electron chi connectivity index (χ0n) is 11.1. The molecule has 3 nitrogen and oxygen atoms in total. The standard InChI is InChI=1S/C13H26N2O/c1-9(2)10(3)15(4)13(16)11-6-5-7-12(14)8-11/h9-12H,5-8,14H2,1-4H3. The van der Waals surface area contributed by atoms with Gasteiger partial charge in [0.15, 0.2) is 0 Å². The number of amides is 1. The highest BCUT2D eigenvalue weighted by Gasteiger charge is 2.29. The minimum Gasteiger partial charge on any atom is -0.343 e. The largest absolute Gasteiger partial charge is 0.343 e. The van der Waals surface area contributed by atoms with Gasteiger partial charge < -0.3 is 10.6 Å². The Morgan fingerprint density at radius 1 is 1.31 bits per heavy atom. The van der Waals surface area contributed by atoms with Gasteiger partial charge in [0.05, 0.1) is 0 Å². The van der Waals surface area contributed by atoms with E-state index in [9.17, 15) is 4.79 Å². The molecular weight excluding hydrogens is 200 g/mol. The van der Waals surface area contributed by atoms with Crippen LogP contribution in [0.25, 0.3) is 0 Å². The van der Waals surface area contributed by atoms with Crippen molar-refractivity contribution in [3.8, 4) is 0 Å². The van der Waals surface area contributed by atoms with Gasteiger partial charge in [-0.2, -0.15) is 0 Å². The molecule has 3 unspecified atom stereocenters. The zero-order chi connectivity index (χ0) is 12.3. The smallest absolute Gasteiger partial charge is 0.225 e. The predicted molar refractivity (Wildman–Crippen MR) is 67.0 cm³/mol. The van der Waals surface area contributed by atoms with Crippen molar-refractivity contribution in [3.05, 3.63) is 0 Å². The third-order valence-electron chi connectivity index (χ3n) is 3.99. The van der Waals surface area contributed by atoms with Crippen LogP contribution in [0.4, 0.5) is 0 Å². The summed E-state index contributed by atoms with van der Waals surface area (Å²) >= 11 is 0. The van der Waals surface area contributed by atoms with E-state index in [1.807, 2.05) is 11.9 Å². The van der Waals surface area contributed by atoms with Crippen LogP contribution in [0, 0.1) is 11.8 Å². The van der Waals surface area contributed by atoms with Crippen molar-refractivity contribution < 1.29 is 4.79 Å². The monoisotopic (exact) mass is 226 g/mol. The van der Waals surface area contributed by atoms with Gasteiger partial charge in [-0.25, -0.2) is 0 Å². The molecule has 3 atom stereocenters. The van der Waals surface area contributed by atoms with Gasteiger partial charge in [0.2, 0.25) is 5.91 Å². The molecular formula is C13H26N2O. The maximum absolute atomic E-state index is 12.3. The molecule has 0 aliphatic heterocycles. The van der Waals surface area contributed by atoms with Crippen molar-refractivity contribution in [1.29, 1.82) is 0 Å². The summed E-state index contributed by atoms with van der Waals surface area (Å²) < 4.78 is 0. The zero-order valence-corrected chi connectivity index (χ0v) is 11.1. The summed E-state index contributed by atoms with van der Waals surface area (Å²) in [5, 5.41) is 0. The van der Waals surface area contributed by atoms with Crippen LogP contribution in [0.1, 0.15) is 46.5 Å². The lowest BCUT2D eigenvalue weighted by Gasteiger charge is -2.34. The fourth-order valence-corrected chi connectivity index (χ4v) is 2.39. The Morgan fingerprint density at radius 3 is 2.44 bits per heavy atom. The van der Waals surface area contributed by atoms with Gasteiger partial charge in [-0.1, -0.05) is 20.3 Å². The van der Waals surface area contributed by atoms with Gasteiger partial charge in [0, 0.05) is 25.0 Å². The first-order valence-electron chi connectivity index (χ1n) is 6.45. The minimum absolute atomic E-state index is 0.162. The number of carbonyl (C=O) groups is 1. The Bertz CT molecular complexity index is 236. The molecule has 1 fully saturated rings. The molecule has 1 aliphatic carbocycles. The first-order valence-corrected chi connectivity index (χ1v) is 6.45. The highest BCUT2D eigenvalue weighted by atomic mass is 16.2. The Kier molecular flexibility index (Phi) is 4.78. The minimum atomic E-state index is 0.162. The van der Waals surface area contributed by atoms with Crippen molar-refractivity contribution in [2.24, 2.45) is 17.6 Å². The van der Waals surface area contributed by atoms with E-state index in [-0.39, 0.29) is 17.9 Å². The van der Waals surface area contributed by atoms with Crippen molar-refractivity contribution in [2.45, 2.75) is 58.5 Å². The predicted octanol–water partition coefficient (Wildman–Crippen LogP) is 2.01. The van der Waals surface area contributed by atoms with Gasteiger partial charge >= 0.3 is 0 Å².